The molecule has 0 radical (unpaired) electrons. The van der Waals surface area contributed by atoms with Crippen molar-refractivity contribution in [3.8, 4) is 28.1 Å². The van der Waals surface area contributed by atoms with Crippen LogP contribution in [0.5, 0.6) is 0 Å². The molecule has 0 atom stereocenters. The summed E-state index contributed by atoms with van der Waals surface area (Å²) in [6.45, 7) is 7.77. The van der Waals surface area contributed by atoms with Crippen molar-refractivity contribution in [1.82, 2.24) is 9.55 Å². The maximum atomic E-state index is 7.77. The molecule has 0 fully saturated rings. The van der Waals surface area contributed by atoms with E-state index >= 15 is 0 Å². The molecule has 45 heavy (non-hydrogen) atoms. The summed E-state index contributed by atoms with van der Waals surface area (Å²) in [7, 11) is 0. The number of aromatic nitrogens is 2. The molecule has 0 aliphatic rings. The van der Waals surface area contributed by atoms with Gasteiger partial charge in [-0.1, -0.05) is 103 Å². The Balaban J connectivity index is 1.39. The second-order valence-corrected chi connectivity index (χ2v) is 11.4. The number of nitrogens with zero attached hydrogens (tertiary/aromatic N) is 3. The van der Waals surface area contributed by atoms with Crippen LogP contribution in [0.25, 0.3) is 87.0 Å². The first kappa shape index (κ1) is 25.3. The van der Waals surface area contributed by atoms with E-state index < -0.39 is 0 Å². The predicted molar refractivity (Wildman–Crippen MR) is 188 cm³/mol. The minimum Gasteiger partial charge on any atom is -0.309 e. The van der Waals surface area contributed by atoms with Gasteiger partial charge in [0.1, 0.15) is 0 Å². The Morgan fingerprint density at radius 2 is 1.09 bits per heavy atom. The molecule has 0 aliphatic carbocycles. The van der Waals surface area contributed by atoms with E-state index in [1.807, 2.05) is 24.4 Å². The maximum Gasteiger partial charge on any atom is 0.188 e. The number of rotatable bonds is 3. The average Bonchev–Trinajstić information content (AvgIpc) is 3.43. The summed E-state index contributed by atoms with van der Waals surface area (Å²) < 4.78 is 2.35. The summed E-state index contributed by atoms with van der Waals surface area (Å²) in [6.07, 6.45) is 1.86. The molecule has 0 amide bonds. The Labute approximate surface area is 260 Å². The van der Waals surface area contributed by atoms with E-state index in [1.54, 1.807) is 0 Å². The molecule has 0 bridgehead atoms. The fourth-order valence-corrected chi connectivity index (χ4v) is 7.13. The van der Waals surface area contributed by atoms with E-state index in [0.717, 1.165) is 44.3 Å². The van der Waals surface area contributed by atoms with Crippen LogP contribution in [0.3, 0.4) is 0 Å². The van der Waals surface area contributed by atoms with Gasteiger partial charge < -0.3 is 4.57 Å². The minimum absolute atomic E-state index is 0.639. The van der Waals surface area contributed by atoms with E-state index in [2.05, 4.69) is 137 Å². The van der Waals surface area contributed by atoms with Crippen LogP contribution in [0.15, 0.2) is 152 Å². The Hall–Kier alpha value is -6.24. The fourth-order valence-electron chi connectivity index (χ4n) is 7.13. The van der Waals surface area contributed by atoms with Gasteiger partial charge in [-0.15, -0.1) is 0 Å². The van der Waals surface area contributed by atoms with Gasteiger partial charge in [0.15, 0.2) is 5.69 Å². The third-order valence-corrected chi connectivity index (χ3v) is 9.03. The molecule has 0 saturated heterocycles. The predicted octanol–water partition coefficient (Wildman–Crippen LogP) is 11.5. The summed E-state index contributed by atoms with van der Waals surface area (Å²) in [4.78, 5) is 8.56. The van der Waals surface area contributed by atoms with E-state index in [9.17, 15) is 0 Å². The van der Waals surface area contributed by atoms with Crippen molar-refractivity contribution in [2.75, 3.05) is 0 Å². The summed E-state index contributed by atoms with van der Waals surface area (Å²) in [5.74, 6) is 0. The molecule has 9 rings (SSSR count). The lowest BCUT2D eigenvalue weighted by Crippen LogP contribution is -1.95. The van der Waals surface area contributed by atoms with E-state index in [-0.39, 0.29) is 0 Å². The van der Waals surface area contributed by atoms with Crippen LogP contribution in [0.1, 0.15) is 0 Å². The van der Waals surface area contributed by atoms with E-state index in [0.29, 0.717) is 5.69 Å². The molecule has 0 saturated carbocycles. The highest BCUT2D eigenvalue weighted by molar-refractivity contribution is 6.22. The maximum absolute atomic E-state index is 7.77. The summed E-state index contributed by atoms with van der Waals surface area (Å²) >= 11 is 0. The zero-order valence-corrected chi connectivity index (χ0v) is 24.3. The Morgan fingerprint density at radius 3 is 1.78 bits per heavy atom. The van der Waals surface area contributed by atoms with Crippen molar-refractivity contribution in [1.29, 1.82) is 0 Å². The molecule has 3 heteroatoms. The summed E-state index contributed by atoms with van der Waals surface area (Å²) in [6, 6.07) is 51.3. The van der Waals surface area contributed by atoms with Crippen LogP contribution in [0.4, 0.5) is 5.69 Å². The van der Waals surface area contributed by atoms with Crippen molar-refractivity contribution in [3.63, 3.8) is 0 Å². The molecule has 3 nitrogen and oxygen atoms in total. The molecular weight excluding hydrogens is 546 g/mol. The van der Waals surface area contributed by atoms with Crippen LogP contribution in [0, 0.1) is 6.57 Å². The molecule has 9 aromatic rings. The second-order valence-electron chi connectivity index (χ2n) is 11.4. The molecule has 0 spiro atoms. The number of hydrogen-bond acceptors (Lipinski definition) is 1. The molecular formula is C42H25N3. The van der Waals surface area contributed by atoms with Crippen molar-refractivity contribution in [2.24, 2.45) is 0 Å². The lowest BCUT2D eigenvalue weighted by molar-refractivity contribution is 1.20. The lowest BCUT2D eigenvalue weighted by atomic mass is 9.87. The monoisotopic (exact) mass is 571 g/mol. The molecule has 2 heterocycles. The van der Waals surface area contributed by atoms with Crippen LogP contribution < -0.4 is 0 Å². The van der Waals surface area contributed by atoms with Gasteiger partial charge >= 0.3 is 0 Å². The Morgan fingerprint density at radius 1 is 0.489 bits per heavy atom. The first-order chi connectivity index (χ1) is 22.3. The first-order valence-corrected chi connectivity index (χ1v) is 15.1. The number of pyridine rings is 1. The van der Waals surface area contributed by atoms with Crippen LogP contribution in [0.2, 0.25) is 0 Å². The number of benzene rings is 7. The van der Waals surface area contributed by atoms with E-state index in [4.69, 9.17) is 11.6 Å². The highest BCUT2D eigenvalue weighted by Gasteiger charge is 2.19. The molecule has 208 valence electrons. The number of hydrogen-bond donors (Lipinski definition) is 0. The Kier molecular flexibility index (Phi) is 5.57. The van der Waals surface area contributed by atoms with Gasteiger partial charge in [-0.05, 0) is 85.9 Å². The minimum atomic E-state index is 0.639. The lowest BCUT2D eigenvalue weighted by Gasteiger charge is -2.17. The van der Waals surface area contributed by atoms with Crippen LogP contribution >= 0.6 is 0 Å². The van der Waals surface area contributed by atoms with Crippen molar-refractivity contribution < 1.29 is 0 Å². The van der Waals surface area contributed by atoms with Gasteiger partial charge in [0.2, 0.25) is 0 Å². The van der Waals surface area contributed by atoms with Gasteiger partial charge in [-0.25, -0.2) is 4.85 Å². The molecule has 2 aromatic heterocycles. The van der Waals surface area contributed by atoms with E-state index in [1.165, 1.54) is 37.9 Å². The highest BCUT2D eigenvalue weighted by Crippen LogP contribution is 2.45. The third kappa shape index (κ3) is 3.80. The largest absolute Gasteiger partial charge is 0.309 e. The van der Waals surface area contributed by atoms with Gasteiger partial charge in [0, 0.05) is 22.5 Å². The van der Waals surface area contributed by atoms with Crippen molar-refractivity contribution in [2.45, 2.75) is 0 Å². The summed E-state index contributed by atoms with van der Waals surface area (Å²) in [5, 5.41) is 9.34. The SMILES string of the molecule is [C-]#[N+]c1ccc2c(c1)c1cc(-c3c4ccccc4c(-c4ccccn4)c4ccccc34)ccc1n2-c1cccc2ccccc12. The molecule has 7 aromatic carbocycles. The topological polar surface area (TPSA) is 22.2 Å². The summed E-state index contributed by atoms with van der Waals surface area (Å²) in [5.41, 5.74) is 8.45. The van der Waals surface area contributed by atoms with Crippen molar-refractivity contribution in [3.05, 3.63) is 163 Å². The van der Waals surface area contributed by atoms with Gasteiger partial charge in [0.25, 0.3) is 0 Å². The van der Waals surface area contributed by atoms with Gasteiger partial charge in [0.05, 0.1) is 29.0 Å². The highest BCUT2D eigenvalue weighted by atomic mass is 15.0. The molecule has 0 aliphatic heterocycles. The Bertz CT molecular complexity index is 2600. The van der Waals surface area contributed by atoms with Crippen LogP contribution in [-0.2, 0) is 0 Å². The fraction of sp³-hybridized carbons (Fsp3) is 0. The molecule has 0 unspecified atom stereocenters. The standard InChI is InChI=1S/C42H25N3/c1-43-29-21-23-40-36(26-29)35-25-28(20-22-39(35)45(40)38-19-10-12-27-11-2-3-13-30(27)38)41-31-14-4-6-16-33(31)42(37-18-8-9-24-44-37)34-17-7-5-15-32(34)41/h2-26H. The van der Waals surface area contributed by atoms with Gasteiger partial charge in [-0.3, -0.25) is 4.98 Å². The average molecular weight is 572 g/mol. The van der Waals surface area contributed by atoms with Gasteiger partial charge in [-0.2, -0.15) is 0 Å². The second kappa shape index (κ2) is 9.91. The quantitative estimate of drug-likeness (QED) is 0.153. The normalized spacial score (nSPS) is 11.5. The number of fused-ring (bicyclic) bond motifs is 6. The smallest absolute Gasteiger partial charge is 0.188 e. The van der Waals surface area contributed by atoms with Crippen molar-refractivity contribution >= 4 is 59.8 Å². The first-order valence-electron chi connectivity index (χ1n) is 15.1. The molecule has 0 N–H and O–H groups in total. The van der Waals surface area contributed by atoms with Crippen LogP contribution in [-0.4, -0.2) is 9.55 Å². The third-order valence-electron chi connectivity index (χ3n) is 9.03. The zero-order valence-electron chi connectivity index (χ0n) is 24.3. The zero-order chi connectivity index (χ0) is 29.9.